The summed E-state index contributed by atoms with van der Waals surface area (Å²) < 4.78 is 28.3. The molecule has 4 atom stereocenters. The van der Waals surface area contributed by atoms with Crippen molar-refractivity contribution in [1.82, 2.24) is 35.0 Å². The zero-order valence-corrected chi connectivity index (χ0v) is 46.5. The van der Waals surface area contributed by atoms with Gasteiger partial charge in [-0.3, -0.25) is 15.0 Å². The van der Waals surface area contributed by atoms with Gasteiger partial charge in [-0.25, -0.2) is 9.78 Å². The van der Waals surface area contributed by atoms with E-state index in [1.807, 2.05) is 40.0 Å². The van der Waals surface area contributed by atoms with Gasteiger partial charge in [0.2, 0.25) is 11.9 Å². The second-order valence-electron chi connectivity index (χ2n) is 17.4. The molecule has 2 saturated heterocycles. The van der Waals surface area contributed by atoms with Gasteiger partial charge in [0.25, 0.3) is 0 Å². The number of benzene rings is 2. The number of ether oxygens (including phenoxy) is 5. The molecule has 2 amide bonds. The first-order chi connectivity index (χ1) is 36.8. The maximum absolute atomic E-state index is 12.9. The van der Waals surface area contributed by atoms with Crippen LogP contribution < -0.4 is 31.7 Å². The first-order valence-electron chi connectivity index (χ1n) is 26.6. The van der Waals surface area contributed by atoms with Gasteiger partial charge >= 0.3 is 6.09 Å². The standard InChI is InChI=1S/C36H49N9O5.C9H19NO4.C5H10O3.2C2H6/c1-4-5-6-13-39-34-33-28(41-35(37)42-34)12-15-45(33)23-27-9-7-25(21-31(27)49-3)22-43-16-18-44(19-17-43)36(48)50-24-26-8-10-30(46)29(20-26)40-32(47)11-14-38-2;1-8(13-2)9(12)10-4-7-14-6-3-5-11;6-4-1-5(7)3-8-2-4;2*1-2/h7-10,12,15,20-21,38,46H,4-6,11,13-14,16-19,22-24H2,1-3H3,(H,40,47)(H3,37,39,41,42);5,8-10,12H,3-4,6-7H2,1-2H3;4-7H,1-3H2;2*1-2H3. The smallest absolute Gasteiger partial charge is 0.410 e. The third-order valence-electron chi connectivity index (χ3n) is 11.7. The number of piperazine rings is 1. The SMILES string of the molecule is CC.CC.CCCCCNc1nc(N)nc2ccn(Cc3ccc(CN4CCN(C(=O)OCc5ccc(O)c(NC(=O)CCNC)c5)CC4)cc3OC)c12.COC(C)C(O)NCCOCCC=O.OC1COCC(O)C1. The number of anilines is 3. The number of aldehydes is 1. The summed E-state index contributed by atoms with van der Waals surface area (Å²) in [6.07, 6.45) is 5.07. The number of phenolic OH excluding ortho intramolecular Hbond substituents is 1. The Labute approximate surface area is 450 Å². The fourth-order valence-electron chi connectivity index (χ4n) is 7.57. The number of hydrogen-bond acceptors (Lipinski definition) is 19. The number of aromatic hydroxyl groups is 1. The monoisotopic (exact) mass is 1070 g/mol. The van der Waals surface area contributed by atoms with E-state index in [1.54, 1.807) is 38.1 Å². The molecule has 0 radical (unpaired) electrons. The minimum absolute atomic E-state index is 0.0293. The van der Waals surface area contributed by atoms with E-state index in [4.69, 9.17) is 39.6 Å². The number of nitrogen functional groups attached to an aromatic ring is 1. The molecule has 2 aromatic heterocycles. The molecule has 10 N–H and O–H groups in total. The number of methoxy groups -OCH3 is 2. The number of phenols is 1. The van der Waals surface area contributed by atoms with E-state index in [2.05, 4.69) is 65.8 Å². The van der Waals surface area contributed by atoms with Crippen molar-refractivity contribution in [1.29, 1.82) is 0 Å². The molecule has 4 heterocycles. The van der Waals surface area contributed by atoms with Gasteiger partial charge in [-0.05, 0) is 55.8 Å². The third-order valence-corrected chi connectivity index (χ3v) is 11.7. The van der Waals surface area contributed by atoms with Crippen LogP contribution in [0.3, 0.4) is 0 Å². The highest BCUT2D eigenvalue weighted by Crippen LogP contribution is 2.28. The number of fused-ring (bicyclic) bond motifs is 1. The molecule has 0 saturated carbocycles. The minimum Gasteiger partial charge on any atom is -0.506 e. The molecule has 2 fully saturated rings. The largest absolute Gasteiger partial charge is 0.506 e. The lowest BCUT2D eigenvalue weighted by Crippen LogP contribution is -2.48. The number of rotatable bonds is 25. The van der Waals surface area contributed by atoms with Crippen LogP contribution in [-0.4, -0.2) is 181 Å². The van der Waals surface area contributed by atoms with Crippen LogP contribution in [0.2, 0.25) is 0 Å². The van der Waals surface area contributed by atoms with E-state index < -0.39 is 24.5 Å². The fraction of sp³-hybridized carbons (Fsp3) is 0.611. The van der Waals surface area contributed by atoms with Gasteiger partial charge in [0, 0.05) is 90.5 Å². The minimum atomic E-state index is -0.685. The van der Waals surface area contributed by atoms with Crippen molar-refractivity contribution in [2.45, 2.75) is 124 Å². The summed E-state index contributed by atoms with van der Waals surface area (Å²) in [6.45, 7) is 19.3. The van der Waals surface area contributed by atoms with E-state index in [-0.39, 0.29) is 42.4 Å². The summed E-state index contributed by atoms with van der Waals surface area (Å²) in [5, 5.41) is 49.0. The number of carbonyl (C=O) groups is 3. The highest BCUT2D eigenvalue weighted by molar-refractivity contribution is 5.92. The van der Waals surface area contributed by atoms with Gasteiger partial charge in [-0.2, -0.15) is 4.98 Å². The van der Waals surface area contributed by atoms with Crippen LogP contribution in [0.4, 0.5) is 22.2 Å². The van der Waals surface area contributed by atoms with Gasteiger partial charge < -0.3 is 80.1 Å². The van der Waals surface area contributed by atoms with Crippen molar-refractivity contribution in [2.24, 2.45) is 0 Å². The topological polar surface area (TPSA) is 290 Å². The Balaban J connectivity index is 0.000000624. The number of nitrogens with one attached hydrogen (secondary N) is 4. The van der Waals surface area contributed by atoms with Crippen LogP contribution in [0.5, 0.6) is 11.5 Å². The fourth-order valence-corrected chi connectivity index (χ4v) is 7.57. The molecule has 0 bridgehead atoms. The second-order valence-corrected chi connectivity index (χ2v) is 17.4. The summed E-state index contributed by atoms with van der Waals surface area (Å²) in [6, 6.07) is 13.0. The summed E-state index contributed by atoms with van der Waals surface area (Å²) in [5.41, 5.74) is 10.8. The van der Waals surface area contributed by atoms with E-state index in [9.17, 15) is 24.6 Å². The lowest BCUT2D eigenvalue weighted by Gasteiger charge is -2.34. The number of amides is 2. The van der Waals surface area contributed by atoms with Crippen LogP contribution in [0.1, 0.15) is 96.8 Å². The van der Waals surface area contributed by atoms with E-state index >= 15 is 0 Å². The van der Waals surface area contributed by atoms with Gasteiger partial charge in [0.1, 0.15) is 36.1 Å². The number of nitrogens with two attached hydrogens (primary N) is 1. The van der Waals surface area contributed by atoms with Gasteiger partial charge in [-0.1, -0.05) is 65.7 Å². The number of hydrogen-bond donors (Lipinski definition) is 9. The maximum Gasteiger partial charge on any atom is 0.410 e. The molecule has 4 unspecified atom stereocenters. The summed E-state index contributed by atoms with van der Waals surface area (Å²) in [4.78, 5) is 47.8. The normalized spacial score (nSPS) is 15.9. The first-order valence-corrected chi connectivity index (χ1v) is 26.6. The molecule has 4 aromatic rings. The van der Waals surface area contributed by atoms with Crippen molar-refractivity contribution >= 4 is 46.8 Å². The molecule has 0 aliphatic carbocycles. The summed E-state index contributed by atoms with van der Waals surface area (Å²) in [7, 11) is 4.99. The van der Waals surface area contributed by atoms with Crippen LogP contribution in [0.25, 0.3) is 11.0 Å². The Morgan fingerprint density at radius 3 is 2.26 bits per heavy atom. The van der Waals surface area contributed by atoms with Crippen molar-refractivity contribution < 1.29 is 58.5 Å². The van der Waals surface area contributed by atoms with Gasteiger partial charge in [0.05, 0.1) is 69.6 Å². The average Bonchev–Trinajstić information content (AvgIpc) is 3.84. The molecule has 428 valence electrons. The summed E-state index contributed by atoms with van der Waals surface area (Å²) >= 11 is 0. The number of aliphatic hydroxyl groups excluding tert-OH is 3. The number of aromatic nitrogens is 3. The van der Waals surface area contributed by atoms with Crippen LogP contribution in [-0.2, 0) is 48.2 Å². The second kappa shape index (κ2) is 38.8. The molecule has 22 heteroatoms. The van der Waals surface area contributed by atoms with Crippen LogP contribution in [0, 0.1) is 0 Å². The molecular formula is C54H90N10O12. The lowest BCUT2D eigenvalue weighted by molar-refractivity contribution is -0.116. The molecule has 76 heavy (non-hydrogen) atoms. The number of carbonyl (C=O) groups excluding carboxylic acids is 3. The van der Waals surface area contributed by atoms with Crippen molar-refractivity contribution in [3.63, 3.8) is 0 Å². The zero-order chi connectivity index (χ0) is 56.3. The van der Waals surface area contributed by atoms with E-state index in [0.717, 1.165) is 72.4 Å². The highest BCUT2D eigenvalue weighted by atomic mass is 16.6. The van der Waals surface area contributed by atoms with Gasteiger partial charge in [-0.15, -0.1) is 0 Å². The Hall–Kier alpha value is -5.69. The molecule has 0 spiro atoms. The highest BCUT2D eigenvalue weighted by Gasteiger charge is 2.23. The molecular weight excluding hydrogens is 981 g/mol. The quantitative estimate of drug-likeness (QED) is 0.0181. The first kappa shape index (κ1) is 66.4. The Morgan fingerprint density at radius 1 is 0.921 bits per heavy atom. The predicted octanol–water partition coefficient (Wildman–Crippen LogP) is 5.10. The van der Waals surface area contributed by atoms with E-state index in [0.29, 0.717) is 90.6 Å². The number of aliphatic hydroxyl groups is 3. The molecule has 22 nitrogen and oxygen atoms in total. The van der Waals surface area contributed by atoms with Crippen molar-refractivity contribution in [3.05, 3.63) is 65.4 Å². The van der Waals surface area contributed by atoms with Crippen LogP contribution >= 0.6 is 0 Å². The van der Waals surface area contributed by atoms with Crippen molar-refractivity contribution in [3.8, 4) is 11.5 Å². The maximum atomic E-state index is 12.9. The molecule has 2 aliphatic rings. The number of unbranched alkanes of at least 4 members (excludes halogenated alkanes) is 2. The lowest BCUT2D eigenvalue weighted by atomic mass is 10.1. The Bertz CT molecular complexity index is 2220. The van der Waals surface area contributed by atoms with Crippen LogP contribution in [0.15, 0.2) is 48.7 Å². The van der Waals surface area contributed by atoms with Gasteiger partial charge in [0.15, 0.2) is 5.82 Å². The number of nitrogens with zero attached hydrogens (tertiary/aromatic N) is 5. The molecule has 6 rings (SSSR count). The average molecular weight is 1070 g/mol. The predicted molar refractivity (Wildman–Crippen MR) is 296 cm³/mol. The van der Waals surface area contributed by atoms with Crippen molar-refractivity contribution in [2.75, 3.05) is 110 Å². The molecule has 2 aliphatic heterocycles. The molecule has 2 aromatic carbocycles. The third kappa shape index (κ3) is 24.5. The van der Waals surface area contributed by atoms with E-state index in [1.165, 1.54) is 13.2 Å². The summed E-state index contributed by atoms with van der Waals surface area (Å²) in [5.74, 6) is 1.53. The Kier molecular flexibility index (Phi) is 33.9. The Morgan fingerprint density at radius 2 is 1.63 bits per heavy atom. The zero-order valence-electron chi connectivity index (χ0n) is 46.5.